The van der Waals surface area contributed by atoms with Crippen molar-refractivity contribution >= 4 is 28.5 Å². The Morgan fingerprint density at radius 3 is 2.64 bits per heavy atom. The lowest BCUT2D eigenvalue weighted by atomic mass is 9.76. The number of halogens is 1. The molecular weight excluding hydrogens is 481 g/mol. The Hall–Kier alpha value is -4.44. The summed E-state index contributed by atoms with van der Waals surface area (Å²) in [5.41, 5.74) is 8.82. The number of allylic oxidation sites excluding steroid dienone is 2. The molecule has 0 spiro atoms. The summed E-state index contributed by atoms with van der Waals surface area (Å²) in [6, 6.07) is 32.9. The first kappa shape index (κ1) is 23.7. The van der Waals surface area contributed by atoms with Crippen LogP contribution in [0.3, 0.4) is 0 Å². The highest BCUT2D eigenvalue weighted by molar-refractivity contribution is 5.91. The molecule has 0 unspecified atom stereocenters. The third-order valence-corrected chi connectivity index (χ3v) is 8.25. The van der Waals surface area contributed by atoms with Gasteiger partial charge in [0.25, 0.3) is 0 Å². The van der Waals surface area contributed by atoms with E-state index < -0.39 is 0 Å². The Kier molecular flexibility index (Phi) is 5.89. The van der Waals surface area contributed by atoms with Crippen molar-refractivity contribution < 1.29 is 4.39 Å². The summed E-state index contributed by atoms with van der Waals surface area (Å²) in [5.74, 6) is 0.783. The molecule has 0 fully saturated rings. The molecule has 4 aromatic carbocycles. The molecule has 1 aliphatic carbocycles. The number of nitrogens with zero attached hydrogens (tertiary/aromatic N) is 2. The summed E-state index contributed by atoms with van der Waals surface area (Å²) in [7, 11) is 0. The van der Waals surface area contributed by atoms with Gasteiger partial charge in [-0.3, -0.25) is 4.99 Å². The monoisotopic (exact) mass is 511 g/mol. The molecule has 3 nitrogen and oxygen atoms in total. The molecule has 1 aliphatic heterocycles. The zero-order valence-corrected chi connectivity index (χ0v) is 21.9. The number of aromatic nitrogens is 1. The van der Waals surface area contributed by atoms with Gasteiger partial charge in [0.05, 0.1) is 30.2 Å². The topological polar surface area (TPSA) is 29.3 Å². The first-order chi connectivity index (χ1) is 19.1. The summed E-state index contributed by atoms with van der Waals surface area (Å²) in [5, 5.41) is 4.94. The van der Waals surface area contributed by atoms with E-state index in [1.54, 1.807) is 6.07 Å². The Morgan fingerprint density at radius 2 is 1.77 bits per heavy atom. The number of para-hydroxylation sites is 1. The van der Waals surface area contributed by atoms with Crippen LogP contribution in [0.2, 0.25) is 0 Å². The van der Waals surface area contributed by atoms with Crippen LogP contribution in [-0.4, -0.2) is 10.8 Å². The minimum absolute atomic E-state index is 0.192. The van der Waals surface area contributed by atoms with E-state index in [9.17, 15) is 4.39 Å². The highest BCUT2D eigenvalue weighted by atomic mass is 19.1. The maximum absolute atomic E-state index is 14.5. The van der Waals surface area contributed by atoms with Crippen LogP contribution >= 0.6 is 0 Å². The van der Waals surface area contributed by atoms with Gasteiger partial charge in [-0.2, -0.15) is 0 Å². The fraction of sp³-hybridized carbons (Fsp3) is 0.171. The van der Waals surface area contributed by atoms with Gasteiger partial charge in [-0.1, -0.05) is 78.4 Å². The van der Waals surface area contributed by atoms with Crippen molar-refractivity contribution in [3.05, 3.63) is 143 Å². The molecule has 39 heavy (non-hydrogen) atoms. The number of benzene rings is 4. The number of aliphatic imine (C=N–C) groups is 1. The quantitative estimate of drug-likeness (QED) is 0.186. The molecule has 7 rings (SSSR count). The Morgan fingerprint density at radius 1 is 0.949 bits per heavy atom. The molecule has 2 heterocycles. The summed E-state index contributed by atoms with van der Waals surface area (Å²) in [4.78, 5) is 4.82. The largest absolute Gasteiger partial charge is 0.378 e. The predicted octanol–water partition coefficient (Wildman–Crippen LogP) is 8.71. The van der Waals surface area contributed by atoms with Crippen LogP contribution in [0.15, 0.2) is 114 Å². The lowest BCUT2D eigenvalue weighted by molar-refractivity contribution is 0.425. The van der Waals surface area contributed by atoms with Gasteiger partial charge in [-0.25, -0.2) is 4.39 Å². The number of rotatable bonds is 5. The molecule has 4 heteroatoms. The second-order valence-corrected chi connectivity index (χ2v) is 10.7. The Bertz CT molecular complexity index is 1730. The normalized spacial score (nSPS) is 19.8. The van der Waals surface area contributed by atoms with Crippen molar-refractivity contribution in [3.8, 4) is 0 Å². The first-order valence-electron chi connectivity index (χ1n) is 13.6. The highest BCUT2D eigenvalue weighted by Crippen LogP contribution is 2.50. The molecule has 192 valence electrons. The molecule has 2 aliphatic rings. The average molecular weight is 512 g/mol. The van der Waals surface area contributed by atoms with Gasteiger partial charge in [0.1, 0.15) is 5.82 Å². The van der Waals surface area contributed by atoms with Crippen LogP contribution in [0, 0.1) is 18.7 Å². The average Bonchev–Trinajstić information content (AvgIpc) is 3.59. The summed E-state index contributed by atoms with van der Waals surface area (Å²) < 4.78 is 16.6. The van der Waals surface area contributed by atoms with Gasteiger partial charge in [0, 0.05) is 28.1 Å². The lowest BCUT2D eigenvalue weighted by Crippen LogP contribution is -2.29. The fourth-order valence-electron chi connectivity index (χ4n) is 6.26. The highest BCUT2D eigenvalue weighted by Gasteiger charge is 2.37. The molecular formula is C35H30FN3. The zero-order valence-electron chi connectivity index (χ0n) is 21.9. The minimum Gasteiger partial charge on any atom is -0.378 e. The van der Waals surface area contributed by atoms with Gasteiger partial charge in [0.2, 0.25) is 0 Å². The molecule has 0 bridgehead atoms. The maximum Gasteiger partial charge on any atom is 0.128 e. The second-order valence-electron chi connectivity index (χ2n) is 10.7. The van der Waals surface area contributed by atoms with E-state index in [0.717, 1.165) is 28.7 Å². The predicted molar refractivity (Wildman–Crippen MR) is 159 cm³/mol. The number of anilines is 1. The van der Waals surface area contributed by atoms with Gasteiger partial charge in [-0.05, 0) is 66.8 Å². The van der Waals surface area contributed by atoms with Gasteiger partial charge < -0.3 is 9.88 Å². The van der Waals surface area contributed by atoms with Crippen LogP contribution < -0.4 is 5.32 Å². The number of hydrogen-bond acceptors (Lipinski definition) is 2. The number of hydrogen-bond donors (Lipinski definition) is 1. The molecule has 1 aromatic heterocycles. The molecule has 0 saturated heterocycles. The zero-order chi connectivity index (χ0) is 26.3. The van der Waals surface area contributed by atoms with E-state index in [2.05, 4.69) is 89.6 Å². The molecule has 1 N–H and O–H groups in total. The van der Waals surface area contributed by atoms with Crippen LogP contribution in [0.25, 0.3) is 10.9 Å². The SMILES string of the molecule is Cc1ccc2c(c1)[C@@H]1C=CC[C@H]1[C@@H](c1ccc(N=Cc3cc4ccccc4n3Cc3ccccc3F)cc1)N2. The van der Waals surface area contributed by atoms with Crippen molar-refractivity contribution in [3.63, 3.8) is 0 Å². The summed E-state index contributed by atoms with van der Waals surface area (Å²) in [6.07, 6.45) is 7.70. The second kappa shape index (κ2) is 9.70. The maximum atomic E-state index is 14.5. The molecule has 0 amide bonds. The van der Waals surface area contributed by atoms with Crippen molar-refractivity contribution in [1.82, 2.24) is 4.57 Å². The van der Waals surface area contributed by atoms with Gasteiger partial charge >= 0.3 is 0 Å². The van der Waals surface area contributed by atoms with Crippen LogP contribution in [0.4, 0.5) is 15.8 Å². The van der Waals surface area contributed by atoms with Crippen LogP contribution in [0.1, 0.15) is 46.3 Å². The first-order valence-corrected chi connectivity index (χ1v) is 13.6. The number of nitrogens with one attached hydrogen (secondary N) is 1. The van der Waals surface area contributed by atoms with Gasteiger partial charge in [0.15, 0.2) is 0 Å². The molecule has 5 aromatic rings. The Balaban J connectivity index is 1.16. The standard InChI is InChI=1S/C35H30FN3/c1-23-13-18-33-31(19-23)29-9-6-10-30(29)35(38-33)24-14-16-27(17-15-24)37-21-28-20-25-7-3-5-12-34(25)39(28)22-26-8-2-4-11-32(26)36/h2-9,11-21,29-30,35,38H,10,22H2,1H3/t29-,30-,35-/m1/s1. The van der Waals surface area contributed by atoms with Crippen molar-refractivity contribution in [2.75, 3.05) is 5.32 Å². The van der Waals surface area contributed by atoms with Crippen LogP contribution in [0.5, 0.6) is 0 Å². The molecule has 0 radical (unpaired) electrons. The molecule has 3 atom stereocenters. The van der Waals surface area contributed by atoms with Crippen molar-refractivity contribution in [1.29, 1.82) is 0 Å². The van der Waals surface area contributed by atoms with Crippen LogP contribution in [-0.2, 0) is 6.54 Å². The van der Waals surface area contributed by atoms with E-state index >= 15 is 0 Å². The third-order valence-electron chi connectivity index (χ3n) is 8.25. The third kappa shape index (κ3) is 4.36. The summed E-state index contributed by atoms with van der Waals surface area (Å²) >= 11 is 0. The summed E-state index contributed by atoms with van der Waals surface area (Å²) in [6.45, 7) is 2.62. The van der Waals surface area contributed by atoms with E-state index in [-0.39, 0.29) is 11.9 Å². The Labute approximate surface area is 228 Å². The smallest absolute Gasteiger partial charge is 0.128 e. The number of fused-ring (bicyclic) bond motifs is 4. The van der Waals surface area contributed by atoms with E-state index in [1.807, 2.05) is 30.5 Å². The minimum atomic E-state index is -0.192. The van der Waals surface area contributed by atoms with E-state index in [0.29, 0.717) is 23.9 Å². The fourth-order valence-corrected chi connectivity index (χ4v) is 6.26. The van der Waals surface area contributed by atoms with E-state index in [1.165, 1.54) is 28.4 Å². The molecule has 0 saturated carbocycles. The number of aryl methyl sites for hydroxylation is 1. The van der Waals surface area contributed by atoms with E-state index in [4.69, 9.17) is 4.99 Å². The van der Waals surface area contributed by atoms with Crippen molar-refractivity contribution in [2.45, 2.75) is 31.8 Å². The van der Waals surface area contributed by atoms with Gasteiger partial charge in [-0.15, -0.1) is 0 Å². The lowest BCUT2D eigenvalue weighted by Gasteiger charge is -2.37. The van der Waals surface area contributed by atoms with Crippen molar-refractivity contribution in [2.24, 2.45) is 10.9 Å².